The van der Waals surface area contributed by atoms with Gasteiger partial charge in [0.15, 0.2) is 0 Å². The highest BCUT2D eigenvalue weighted by atomic mass is 16.5. The van der Waals surface area contributed by atoms with Gasteiger partial charge in [-0.25, -0.2) is 0 Å². The van der Waals surface area contributed by atoms with Crippen molar-refractivity contribution in [2.45, 2.75) is 6.42 Å². The molecule has 1 aromatic rings. The number of hydrogen-bond acceptors (Lipinski definition) is 5. The molecule has 0 spiro atoms. The van der Waals surface area contributed by atoms with Gasteiger partial charge in [0, 0.05) is 26.4 Å². The molecule has 18 heavy (non-hydrogen) atoms. The first-order valence-corrected chi connectivity index (χ1v) is 5.77. The normalized spacial score (nSPS) is 10.0. The van der Waals surface area contributed by atoms with Crippen molar-refractivity contribution in [3.05, 3.63) is 23.8 Å². The van der Waals surface area contributed by atoms with Gasteiger partial charge in [-0.2, -0.15) is 5.26 Å². The summed E-state index contributed by atoms with van der Waals surface area (Å²) in [5.74, 6) is 0.645. The van der Waals surface area contributed by atoms with Gasteiger partial charge in [0.25, 0.3) is 0 Å². The van der Waals surface area contributed by atoms with Gasteiger partial charge in [0.05, 0.1) is 17.9 Å². The zero-order valence-electron chi connectivity index (χ0n) is 10.5. The van der Waals surface area contributed by atoms with Crippen molar-refractivity contribution in [1.82, 2.24) is 0 Å². The largest absolute Gasteiger partial charge is 0.491 e. The van der Waals surface area contributed by atoms with Crippen LogP contribution in [0.5, 0.6) is 5.75 Å². The van der Waals surface area contributed by atoms with Crippen molar-refractivity contribution in [3.8, 4) is 11.8 Å². The number of nitrogen functional groups attached to an aromatic ring is 1. The minimum absolute atomic E-state index is 0.427. The molecule has 0 heterocycles. The molecule has 5 nitrogen and oxygen atoms in total. The molecule has 0 fully saturated rings. The SMILES string of the molecule is COCCCOCCOc1ccc(C#N)c(N)c1. The number of nitriles is 1. The third kappa shape index (κ3) is 5.04. The van der Waals surface area contributed by atoms with Crippen LogP contribution in [-0.2, 0) is 9.47 Å². The second-order valence-electron chi connectivity index (χ2n) is 3.67. The van der Waals surface area contributed by atoms with E-state index < -0.39 is 0 Å². The fourth-order valence-corrected chi connectivity index (χ4v) is 1.36. The Morgan fingerprint density at radius 2 is 2.06 bits per heavy atom. The number of hydrogen-bond donors (Lipinski definition) is 1. The van der Waals surface area contributed by atoms with Crippen LogP contribution in [0.2, 0.25) is 0 Å². The summed E-state index contributed by atoms with van der Waals surface area (Å²) in [5, 5.41) is 8.73. The summed E-state index contributed by atoms with van der Waals surface area (Å²) in [6.45, 7) is 2.33. The van der Waals surface area contributed by atoms with E-state index in [4.69, 9.17) is 25.2 Å². The predicted octanol–water partition coefficient (Wildman–Crippen LogP) is 1.57. The maximum atomic E-state index is 8.73. The average molecular weight is 250 g/mol. The molecule has 0 aliphatic heterocycles. The van der Waals surface area contributed by atoms with Crippen LogP contribution >= 0.6 is 0 Å². The van der Waals surface area contributed by atoms with Crippen LogP contribution in [0.3, 0.4) is 0 Å². The maximum absolute atomic E-state index is 8.73. The molecule has 0 saturated heterocycles. The maximum Gasteiger partial charge on any atom is 0.121 e. The Hall–Kier alpha value is -1.77. The minimum Gasteiger partial charge on any atom is -0.491 e. The lowest BCUT2D eigenvalue weighted by molar-refractivity contribution is 0.0806. The van der Waals surface area contributed by atoms with E-state index in [1.807, 2.05) is 6.07 Å². The number of nitrogens with two attached hydrogens (primary N) is 1. The highest BCUT2D eigenvalue weighted by molar-refractivity contribution is 5.56. The van der Waals surface area contributed by atoms with Crippen LogP contribution in [0.1, 0.15) is 12.0 Å². The Kier molecular flexibility index (Phi) is 6.62. The van der Waals surface area contributed by atoms with Gasteiger partial charge in [-0.1, -0.05) is 0 Å². The van der Waals surface area contributed by atoms with Gasteiger partial charge >= 0.3 is 0 Å². The summed E-state index contributed by atoms with van der Waals surface area (Å²) in [5.41, 5.74) is 6.55. The first kappa shape index (κ1) is 14.3. The molecule has 98 valence electrons. The number of ether oxygens (including phenoxy) is 3. The van der Waals surface area contributed by atoms with Gasteiger partial charge < -0.3 is 19.9 Å². The molecule has 0 saturated carbocycles. The molecule has 0 unspecified atom stereocenters. The lowest BCUT2D eigenvalue weighted by Gasteiger charge is -2.08. The van der Waals surface area contributed by atoms with Crippen LogP contribution in [0.25, 0.3) is 0 Å². The topological polar surface area (TPSA) is 77.5 Å². The second-order valence-corrected chi connectivity index (χ2v) is 3.67. The van der Waals surface area contributed by atoms with Gasteiger partial charge in [0.1, 0.15) is 18.4 Å². The van der Waals surface area contributed by atoms with Crippen LogP contribution < -0.4 is 10.5 Å². The van der Waals surface area contributed by atoms with E-state index in [1.54, 1.807) is 25.3 Å². The quantitative estimate of drug-likeness (QED) is 0.559. The Labute approximate surface area is 107 Å². The smallest absolute Gasteiger partial charge is 0.121 e. The molecule has 0 atom stereocenters. The van der Waals surface area contributed by atoms with Gasteiger partial charge in [-0.15, -0.1) is 0 Å². The van der Waals surface area contributed by atoms with Gasteiger partial charge in [0.2, 0.25) is 0 Å². The molecule has 2 N–H and O–H groups in total. The van der Waals surface area contributed by atoms with E-state index in [1.165, 1.54) is 0 Å². The molecular weight excluding hydrogens is 232 g/mol. The van der Waals surface area contributed by atoms with Gasteiger partial charge in [-0.05, 0) is 18.6 Å². The molecule has 0 aromatic heterocycles. The molecule has 0 aliphatic carbocycles. The molecule has 0 amide bonds. The average Bonchev–Trinajstić information content (AvgIpc) is 2.38. The van der Waals surface area contributed by atoms with Crippen molar-refractivity contribution in [2.24, 2.45) is 0 Å². The summed E-state index contributed by atoms with van der Waals surface area (Å²) >= 11 is 0. The molecule has 1 rings (SSSR count). The first-order valence-electron chi connectivity index (χ1n) is 5.77. The predicted molar refractivity (Wildman–Crippen MR) is 68.4 cm³/mol. The fourth-order valence-electron chi connectivity index (χ4n) is 1.36. The fraction of sp³-hybridized carbons (Fsp3) is 0.462. The van der Waals surface area contributed by atoms with E-state index in [0.29, 0.717) is 43.4 Å². The second kappa shape index (κ2) is 8.34. The molecule has 0 bridgehead atoms. The summed E-state index contributed by atoms with van der Waals surface area (Å²) in [6.07, 6.45) is 0.875. The Morgan fingerprint density at radius 3 is 2.72 bits per heavy atom. The standard InChI is InChI=1S/C13H18N2O3/c1-16-5-2-6-17-7-8-18-12-4-3-11(10-14)13(15)9-12/h3-4,9H,2,5-8,15H2,1H3. The third-order valence-electron chi connectivity index (χ3n) is 2.28. The van der Waals surface area contributed by atoms with E-state index in [2.05, 4.69) is 0 Å². The third-order valence-corrected chi connectivity index (χ3v) is 2.28. The van der Waals surface area contributed by atoms with Gasteiger partial charge in [-0.3, -0.25) is 0 Å². The van der Waals surface area contributed by atoms with E-state index >= 15 is 0 Å². The number of methoxy groups -OCH3 is 1. The van der Waals surface area contributed by atoms with Crippen molar-refractivity contribution >= 4 is 5.69 Å². The van der Waals surface area contributed by atoms with Crippen LogP contribution in [0.4, 0.5) is 5.69 Å². The summed E-state index contributed by atoms with van der Waals surface area (Å²) in [4.78, 5) is 0. The highest BCUT2D eigenvalue weighted by Crippen LogP contribution is 2.18. The summed E-state index contributed by atoms with van der Waals surface area (Å²) < 4.78 is 15.7. The van der Waals surface area contributed by atoms with E-state index in [9.17, 15) is 0 Å². The van der Waals surface area contributed by atoms with Crippen LogP contribution in [0, 0.1) is 11.3 Å². The van der Waals surface area contributed by atoms with Crippen LogP contribution in [0.15, 0.2) is 18.2 Å². The van der Waals surface area contributed by atoms with E-state index in [-0.39, 0.29) is 0 Å². The summed E-state index contributed by atoms with van der Waals surface area (Å²) in [6, 6.07) is 7.01. The first-order chi connectivity index (χ1) is 8.77. The highest BCUT2D eigenvalue weighted by Gasteiger charge is 2.00. The molecule has 5 heteroatoms. The number of benzene rings is 1. The van der Waals surface area contributed by atoms with Crippen molar-refractivity contribution < 1.29 is 14.2 Å². The number of rotatable bonds is 8. The molecule has 1 aromatic carbocycles. The minimum atomic E-state index is 0.427. The number of nitrogens with zero attached hydrogens (tertiary/aromatic N) is 1. The van der Waals surface area contributed by atoms with Crippen molar-refractivity contribution in [2.75, 3.05) is 39.3 Å². The molecule has 0 radical (unpaired) electrons. The Morgan fingerprint density at radius 1 is 1.22 bits per heavy atom. The lowest BCUT2D eigenvalue weighted by atomic mass is 10.2. The Bertz CT molecular complexity index is 402. The van der Waals surface area contributed by atoms with Crippen LogP contribution in [-0.4, -0.2) is 33.5 Å². The lowest BCUT2D eigenvalue weighted by Crippen LogP contribution is -2.08. The van der Waals surface area contributed by atoms with E-state index in [0.717, 1.165) is 6.42 Å². The Balaban J connectivity index is 2.20. The molecule has 0 aliphatic rings. The monoisotopic (exact) mass is 250 g/mol. The molecular formula is C13H18N2O3. The summed E-state index contributed by atoms with van der Waals surface area (Å²) in [7, 11) is 1.67. The number of anilines is 1. The van der Waals surface area contributed by atoms with Crippen molar-refractivity contribution in [1.29, 1.82) is 5.26 Å². The zero-order valence-corrected chi connectivity index (χ0v) is 10.5. The zero-order chi connectivity index (χ0) is 13.2. The van der Waals surface area contributed by atoms with Crippen molar-refractivity contribution in [3.63, 3.8) is 0 Å².